The summed E-state index contributed by atoms with van der Waals surface area (Å²) in [5.74, 6) is 0.225. The first-order chi connectivity index (χ1) is 16.8. The van der Waals surface area contributed by atoms with Gasteiger partial charge in [-0.3, -0.25) is 9.48 Å². The molecule has 0 fully saturated rings. The molecule has 1 amide bonds. The lowest BCUT2D eigenvalue weighted by Gasteiger charge is -2.15. The quantitative estimate of drug-likeness (QED) is 0.283. The molecule has 178 valence electrons. The average molecular weight is 472 g/mol. The van der Waals surface area contributed by atoms with Crippen molar-refractivity contribution in [2.45, 2.75) is 19.8 Å². The molecule has 8 nitrogen and oxygen atoms in total. The number of aromatic nitrogens is 4. The molecule has 0 spiro atoms. The van der Waals surface area contributed by atoms with E-state index < -0.39 is 11.7 Å². The van der Waals surface area contributed by atoms with E-state index >= 15 is 0 Å². The Morgan fingerprint density at radius 2 is 1.86 bits per heavy atom. The third-order valence-corrected chi connectivity index (χ3v) is 5.31. The first-order valence-corrected chi connectivity index (χ1v) is 11.1. The summed E-state index contributed by atoms with van der Waals surface area (Å²) < 4.78 is 16.4. The van der Waals surface area contributed by atoms with Gasteiger partial charge in [-0.2, -0.15) is 10.1 Å². The molecule has 0 saturated heterocycles. The Hall–Kier alpha value is -4.53. The van der Waals surface area contributed by atoms with Gasteiger partial charge in [0.25, 0.3) is 0 Å². The number of hydrogen-bond acceptors (Lipinski definition) is 6. The van der Waals surface area contributed by atoms with Crippen LogP contribution in [0.1, 0.15) is 25.3 Å². The molecule has 0 radical (unpaired) electrons. The maximum Gasteiger partial charge on any atom is 0.247 e. The van der Waals surface area contributed by atoms with Crippen LogP contribution in [0, 0.1) is 5.82 Å². The van der Waals surface area contributed by atoms with Gasteiger partial charge in [0.15, 0.2) is 0 Å². The van der Waals surface area contributed by atoms with Crippen LogP contribution in [0.4, 0.5) is 33.2 Å². The number of rotatable bonds is 8. The van der Waals surface area contributed by atoms with Crippen LogP contribution in [0.25, 0.3) is 11.1 Å². The standard InChI is InChI=1S/C26H26FN7O/c1-5-24(35)30-19-10-11-22(27)23(12-19)32-25-21(18-8-6-17(7-9-18)16(2)3)14-28-26(33-25)31-20-13-29-34(4)15-20/h5-16H,1H2,2-4H3,(H,30,35)(H2,28,31,32,33). The van der Waals surface area contributed by atoms with E-state index in [1.54, 1.807) is 23.3 Å². The third-order valence-electron chi connectivity index (χ3n) is 5.31. The number of aryl methyl sites for hydroxylation is 1. The van der Waals surface area contributed by atoms with Crippen LogP contribution in [-0.4, -0.2) is 25.7 Å². The lowest BCUT2D eigenvalue weighted by molar-refractivity contribution is -0.111. The van der Waals surface area contributed by atoms with E-state index in [1.807, 2.05) is 19.2 Å². The molecule has 2 aromatic heterocycles. The minimum atomic E-state index is -0.497. The highest BCUT2D eigenvalue weighted by Crippen LogP contribution is 2.32. The largest absolute Gasteiger partial charge is 0.337 e. The fraction of sp³-hybridized carbons (Fsp3) is 0.154. The number of halogens is 1. The fourth-order valence-electron chi connectivity index (χ4n) is 3.43. The fourth-order valence-corrected chi connectivity index (χ4v) is 3.43. The monoisotopic (exact) mass is 471 g/mol. The summed E-state index contributed by atoms with van der Waals surface area (Å²) in [5.41, 5.74) is 4.06. The van der Waals surface area contributed by atoms with Gasteiger partial charge in [0.05, 0.1) is 17.6 Å². The van der Waals surface area contributed by atoms with Crippen LogP contribution in [0.5, 0.6) is 0 Å². The average Bonchev–Trinajstić information content (AvgIpc) is 3.25. The molecule has 35 heavy (non-hydrogen) atoms. The van der Waals surface area contributed by atoms with Gasteiger partial charge in [-0.25, -0.2) is 9.37 Å². The Morgan fingerprint density at radius 3 is 2.51 bits per heavy atom. The van der Waals surface area contributed by atoms with Crippen molar-refractivity contribution in [2.75, 3.05) is 16.0 Å². The number of nitrogens with one attached hydrogen (secondary N) is 3. The Balaban J connectivity index is 1.73. The zero-order chi connectivity index (χ0) is 24.9. The predicted molar refractivity (Wildman–Crippen MR) is 137 cm³/mol. The molecule has 0 saturated carbocycles. The van der Waals surface area contributed by atoms with E-state index in [9.17, 15) is 9.18 Å². The molecule has 3 N–H and O–H groups in total. The molecule has 9 heteroatoms. The highest BCUT2D eigenvalue weighted by atomic mass is 19.1. The second-order valence-electron chi connectivity index (χ2n) is 8.27. The summed E-state index contributed by atoms with van der Waals surface area (Å²) in [5, 5.41) is 13.0. The summed E-state index contributed by atoms with van der Waals surface area (Å²) >= 11 is 0. The van der Waals surface area contributed by atoms with Crippen LogP contribution in [-0.2, 0) is 11.8 Å². The molecule has 0 aliphatic rings. The molecule has 2 aromatic carbocycles. The minimum absolute atomic E-state index is 0.151. The highest BCUT2D eigenvalue weighted by Gasteiger charge is 2.14. The van der Waals surface area contributed by atoms with Gasteiger partial charge >= 0.3 is 0 Å². The van der Waals surface area contributed by atoms with E-state index in [0.717, 1.165) is 11.6 Å². The molecule has 0 bridgehead atoms. The molecule has 4 aromatic rings. The van der Waals surface area contributed by atoms with Gasteiger partial charge in [-0.1, -0.05) is 44.7 Å². The topological polar surface area (TPSA) is 96.8 Å². The molecular weight excluding hydrogens is 445 g/mol. The highest BCUT2D eigenvalue weighted by molar-refractivity contribution is 5.99. The lowest BCUT2D eigenvalue weighted by atomic mass is 9.99. The SMILES string of the molecule is C=CC(=O)Nc1ccc(F)c(Nc2nc(Nc3cnn(C)c3)ncc2-c2ccc(C(C)C)cc2)c1. The first kappa shape index (κ1) is 23.6. The molecular formula is C26H26FN7O. The number of carbonyl (C=O) groups excluding carboxylic acids is 1. The van der Waals surface area contributed by atoms with Gasteiger partial charge < -0.3 is 16.0 Å². The van der Waals surface area contributed by atoms with Crippen molar-refractivity contribution < 1.29 is 9.18 Å². The smallest absolute Gasteiger partial charge is 0.247 e. The number of anilines is 5. The van der Waals surface area contributed by atoms with E-state index in [1.165, 1.54) is 23.8 Å². The van der Waals surface area contributed by atoms with Crippen LogP contribution in [0.2, 0.25) is 0 Å². The van der Waals surface area contributed by atoms with Gasteiger partial charge in [0.1, 0.15) is 11.6 Å². The van der Waals surface area contributed by atoms with Crippen molar-refractivity contribution in [3.05, 3.63) is 85.1 Å². The van der Waals surface area contributed by atoms with Crippen molar-refractivity contribution in [3.8, 4) is 11.1 Å². The molecule has 0 aliphatic carbocycles. The summed E-state index contributed by atoms with van der Waals surface area (Å²) in [7, 11) is 1.81. The van der Waals surface area contributed by atoms with Gasteiger partial charge in [0.2, 0.25) is 11.9 Å². The number of nitrogens with zero attached hydrogens (tertiary/aromatic N) is 4. The number of hydrogen-bond donors (Lipinski definition) is 3. The molecule has 0 aliphatic heterocycles. The van der Waals surface area contributed by atoms with Crippen molar-refractivity contribution in [1.29, 1.82) is 0 Å². The Bertz CT molecular complexity index is 1360. The molecule has 0 unspecified atom stereocenters. The van der Waals surface area contributed by atoms with Gasteiger partial charge in [-0.15, -0.1) is 0 Å². The van der Waals surface area contributed by atoms with Crippen LogP contribution in [0.15, 0.2) is 73.7 Å². The van der Waals surface area contributed by atoms with E-state index in [2.05, 4.69) is 63.6 Å². The van der Waals surface area contributed by atoms with Crippen LogP contribution in [0.3, 0.4) is 0 Å². The zero-order valence-electron chi connectivity index (χ0n) is 19.7. The van der Waals surface area contributed by atoms with Crippen molar-refractivity contribution in [3.63, 3.8) is 0 Å². The van der Waals surface area contributed by atoms with Crippen molar-refractivity contribution in [2.24, 2.45) is 7.05 Å². The summed E-state index contributed by atoms with van der Waals surface area (Å²) in [4.78, 5) is 20.8. The molecule has 2 heterocycles. The van der Waals surface area contributed by atoms with Crippen LogP contribution >= 0.6 is 0 Å². The number of amides is 1. The maximum absolute atomic E-state index is 14.7. The zero-order valence-corrected chi connectivity index (χ0v) is 19.7. The second-order valence-corrected chi connectivity index (χ2v) is 8.27. The number of benzene rings is 2. The Morgan fingerprint density at radius 1 is 1.09 bits per heavy atom. The van der Waals surface area contributed by atoms with Gasteiger partial charge in [-0.05, 0) is 41.3 Å². The van der Waals surface area contributed by atoms with Crippen LogP contribution < -0.4 is 16.0 Å². The normalized spacial score (nSPS) is 10.8. The second kappa shape index (κ2) is 10.2. The maximum atomic E-state index is 14.7. The van der Waals surface area contributed by atoms with E-state index in [4.69, 9.17) is 0 Å². The van der Waals surface area contributed by atoms with E-state index in [0.29, 0.717) is 34.6 Å². The summed E-state index contributed by atoms with van der Waals surface area (Å²) in [6, 6.07) is 12.3. The molecule has 4 rings (SSSR count). The predicted octanol–water partition coefficient (Wildman–Crippen LogP) is 5.75. The minimum Gasteiger partial charge on any atom is -0.337 e. The third kappa shape index (κ3) is 5.70. The Kier molecular flexibility index (Phi) is 6.86. The number of carbonyl (C=O) groups is 1. The Labute approximate surface area is 202 Å². The first-order valence-electron chi connectivity index (χ1n) is 11.1. The van der Waals surface area contributed by atoms with Crippen molar-refractivity contribution in [1.82, 2.24) is 19.7 Å². The molecule has 0 atom stereocenters. The summed E-state index contributed by atoms with van der Waals surface area (Å²) in [6.07, 6.45) is 6.27. The van der Waals surface area contributed by atoms with E-state index in [-0.39, 0.29) is 5.69 Å². The lowest BCUT2D eigenvalue weighted by Crippen LogP contribution is -2.08. The van der Waals surface area contributed by atoms with Crippen molar-refractivity contribution >= 4 is 34.7 Å². The van der Waals surface area contributed by atoms with Gasteiger partial charge in [0, 0.05) is 30.7 Å². The summed E-state index contributed by atoms with van der Waals surface area (Å²) in [6.45, 7) is 7.70.